The minimum Gasteiger partial charge on any atom is -0.397 e. The average molecular weight is 148 g/mol. The third-order valence-electron chi connectivity index (χ3n) is 2.30. The van der Waals surface area contributed by atoms with Crippen LogP contribution in [0.25, 0.3) is 0 Å². The Morgan fingerprint density at radius 1 is 1.18 bits per heavy atom. The van der Waals surface area contributed by atoms with Crippen LogP contribution < -0.4 is 5.73 Å². The van der Waals surface area contributed by atoms with Gasteiger partial charge in [0.2, 0.25) is 0 Å². The Kier molecular flexibility index (Phi) is 1.53. The van der Waals surface area contributed by atoms with Crippen molar-refractivity contribution in [1.29, 1.82) is 0 Å². The molecular formula is C9H12N2. The molecule has 1 aliphatic rings. The quantitative estimate of drug-likeness (QED) is 0.606. The third-order valence-corrected chi connectivity index (χ3v) is 2.30. The van der Waals surface area contributed by atoms with Gasteiger partial charge in [0.05, 0.1) is 11.9 Å². The van der Waals surface area contributed by atoms with Crippen molar-refractivity contribution in [3.05, 3.63) is 23.5 Å². The molecule has 1 aromatic heterocycles. The molecule has 0 radical (unpaired) electrons. The molecule has 0 aromatic carbocycles. The highest BCUT2D eigenvalue weighted by molar-refractivity contribution is 5.49. The second-order valence-electron chi connectivity index (χ2n) is 3.07. The SMILES string of the molecule is Nc1cncc2c1CCCC2. The highest BCUT2D eigenvalue weighted by Gasteiger charge is 2.10. The van der Waals surface area contributed by atoms with E-state index in [-0.39, 0.29) is 0 Å². The van der Waals surface area contributed by atoms with Gasteiger partial charge in [0.15, 0.2) is 0 Å². The highest BCUT2D eigenvalue weighted by Crippen LogP contribution is 2.24. The van der Waals surface area contributed by atoms with E-state index in [1.165, 1.54) is 24.0 Å². The maximum absolute atomic E-state index is 5.78. The summed E-state index contributed by atoms with van der Waals surface area (Å²) in [5.74, 6) is 0. The summed E-state index contributed by atoms with van der Waals surface area (Å²) >= 11 is 0. The molecule has 2 N–H and O–H groups in total. The number of fused-ring (bicyclic) bond motifs is 1. The Bertz CT molecular complexity index is 268. The van der Waals surface area contributed by atoms with Gasteiger partial charge in [-0.15, -0.1) is 0 Å². The lowest BCUT2D eigenvalue weighted by Gasteiger charge is -2.15. The first-order valence-corrected chi connectivity index (χ1v) is 4.09. The van der Waals surface area contributed by atoms with Gasteiger partial charge in [-0.3, -0.25) is 4.98 Å². The molecule has 1 aliphatic carbocycles. The van der Waals surface area contributed by atoms with E-state index in [0.29, 0.717) is 0 Å². The van der Waals surface area contributed by atoms with E-state index < -0.39 is 0 Å². The number of nitrogen functional groups attached to an aromatic ring is 1. The molecule has 0 saturated heterocycles. The highest BCUT2D eigenvalue weighted by atomic mass is 14.7. The molecule has 2 nitrogen and oxygen atoms in total. The van der Waals surface area contributed by atoms with Crippen molar-refractivity contribution in [1.82, 2.24) is 4.98 Å². The van der Waals surface area contributed by atoms with E-state index in [2.05, 4.69) is 4.98 Å². The number of nitrogens with zero attached hydrogens (tertiary/aromatic N) is 1. The second kappa shape index (κ2) is 2.53. The van der Waals surface area contributed by atoms with Crippen LogP contribution in [0, 0.1) is 0 Å². The summed E-state index contributed by atoms with van der Waals surface area (Å²) in [7, 11) is 0. The lowest BCUT2D eigenvalue weighted by atomic mass is 9.92. The van der Waals surface area contributed by atoms with Gasteiger partial charge in [0, 0.05) is 6.20 Å². The molecule has 58 valence electrons. The van der Waals surface area contributed by atoms with Gasteiger partial charge in [-0.25, -0.2) is 0 Å². The first-order valence-electron chi connectivity index (χ1n) is 4.09. The molecule has 11 heavy (non-hydrogen) atoms. The molecular weight excluding hydrogens is 136 g/mol. The number of aromatic nitrogens is 1. The molecule has 0 amide bonds. The van der Waals surface area contributed by atoms with Gasteiger partial charge in [-0.2, -0.15) is 0 Å². The molecule has 0 atom stereocenters. The lowest BCUT2D eigenvalue weighted by Crippen LogP contribution is -2.06. The number of aryl methyl sites for hydroxylation is 1. The summed E-state index contributed by atoms with van der Waals surface area (Å²) in [5.41, 5.74) is 9.35. The van der Waals surface area contributed by atoms with Crippen molar-refractivity contribution in [2.75, 3.05) is 5.73 Å². The van der Waals surface area contributed by atoms with Gasteiger partial charge in [0.1, 0.15) is 0 Å². The molecule has 1 heterocycles. The van der Waals surface area contributed by atoms with E-state index in [1.807, 2.05) is 6.20 Å². The van der Waals surface area contributed by atoms with E-state index in [9.17, 15) is 0 Å². The maximum atomic E-state index is 5.78. The monoisotopic (exact) mass is 148 g/mol. The predicted octanol–water partition coefficient (Wildman–Crippen LogP) is 1.54. The normalized spacial score (nSPS) is 16.0. The zero-order chi connectivity index (χ0) is 7.68. The standard InChI is InChI=1S/C9H12N2/c10-9-6-11-5-7-3-1-2-4-8(7)9/h5-6H,1-4,10H2. The molecule has 0 spiro atoms. The third kappa shape index (κ3) is 1.09. The minimum atomic E-state index is 0.877. The summed E-state index contributed by atoms with van der Waals surface area (Å²) < 4.78 is 0. The fourth-order valence-corrected chi connectivity index (χ4v) is 1.69. The zero-order valence-corrected chi connectivity index (χ0v) is 6.51. The van der Waals surface area contributed by atoms with Crippen LogP contribution in [0.3, 0.4) is 0 Å². The summed E-state index contributed by atoms with van der Waals surface area (Å²) in [4.78, 5) is 4.07. The summed E-state index contributed by atoms with van der Waals surface area (Å²) in [6, 6.07) is 0. The van der Waals surface area contributed by atoms with E-state index in [4.69, 9.17) is 5.73 Å². The number of anilines is 1. The first kappa shape index (κ1) is 6.65. The van der Waals surface area contributed by atoms with E-state index in [1.54, 1.807) is 6.20 Å². The fraction of sp³-hybridized carbons (Fsp3) is 0.444. The number of nitrogens with two attached hydrogens (primary N) is 1. The van der Waals surface area contributed by atoms with Crippen LogP contribution in [0.2, 0.25) is 0 Å². The number of hydrogen-bond acceptors (Lipinski definition) is 2. The van der Waals surface area contributed by atoms with Crippen molar-refractivity contribution in [3.8, 4) is 0 Å². The molecule has 2 heteroatoms. The Morgan fingerprint density at radius 3 is 2.82 bits per heavy atom. The van der Waals surface area contributed by atoms with Gasteiger partial charge in [0.25, 0.3) is 0 Å². The average Bonchev–Trinajstić information content (AvgIpc) is 2.06. The van der Waals surface area contributed by atoms with Crippen LogP contribution in [0.15, 0.2) is 12.4 Å². The Hall–Kier alpha value is -1.05. The summed E-state index contributed by atoms with van der Waals surface area (Å²) in [5, 5.41) is 0. The first-order chi connectivity index (χ1) is 5.38. The van der Waals surface area contributed by atoms with Gasteiger partial charge >= 0.3 is 0 Å². The topological polar surface area (TPSA) is 38.9 Å². The van der Waals surface area contributed by atoms with Crippen LogP contribution in [-0.4, -0.2) is 4.98 Å². The molecule has 1 aromatic rings. The maximum Gasteiger partial charge on any atom is 0.0535 e. The Balaban J connectivity index is 2.49. The van der Waals surface area contributed by atoms with Crippen molar-refractivity contribution in [2.45, 2.75) is 25.7 Å². The lowest BCUT2D eigenvalue weighted by molar-refractivity contribution is 0.684. The minimum absolute atomic E-state index is 0.877. The Labute approximate surface area is 66.4 Å². The number of rotatable bonds is 0. The van der Waals surface area contributed by atoms with Gasteiger partial charge in [-0.05, 0) is 36.8 Å². The molecule has 2 rings (SSSR count). The number of hydrogen-bond donors (Lipinski definition) is 1. The van der Waals surface area contributed by atoms with Crippen LogP contribution in [-0.2, 0) is 12.8 Å². The van der Waals surface area contributed by atoms with Crippen molar-refractivity contribution in [3.63, 3.8) is 0 Å². The zero-order valence-electron chi connectivity index (χ0n) is 6.51. The van der Waals surface area contributed by atoms with Gasteiger partial charge in [-0.1, -0.05) is 0 Å². The van der Waals surface area contributed by atoms with Crippen molar-refractivity contribution < 1.29 is 0 Å². The van der Waals surface area contributed by atoms with Crippen LogP contribution in [0.4, 0.5) is 5.69 Å². The molecule has 0 bridgehead atoms. The predicted molar refractivity (Wildman–Crippen MR) is 45.3 cm³/mol. The van der Waals surface area contributed by atoms with Crippen LogP contribution >= 0.6 is 0 Å². The van der Waals surface area contributed by atoms with Crippen molar-refractivity contribution >= 4 is 5.69 Å². The molecule has 0 fully saturated rings. The Morgan fingerprint density at radius 2 is 2.00 bits per heavy atom. The van der Waals surface area contributed by atoms with Gasteiger partial charge < -0.3 is 5.73 Å². The molecule has 0 saturated carbocycles. The molecule has 0 aliphatic heterocycles. The van der Waals surface area contributed by atoms with Crippen LogP contribution in [0.5, 0.6) is 0 Å². The van der Waals surface area contributed by atoms with E-state index in [0.717, 1.165) is 18.5 Å². The largest absolute Gasteiger partial charge is 0.397 e. The summed E-state index contributed by atoms with van der Waals surface area (Å²) in [6.07, 6.45) is 8.57. The number of pyridine rings is 1. The van der Waals surface area contributed by atoms with E-state index >= 15 is 0 Å². The molecule has 0 unspecified atom stereocenters. The second-order valence-corrected chi connectivity index (χ2v) is 3.07. The smallest absolute Gasteiger partial charge is 0.0535 e. The summed E-state index contributed by atoms with van der Waals surface area (Å²) in [6.45, 7) is 0. The van der Waals surface area contributed by atoms with Crippen LogP contribution in [0.1, 0.15) is 24.0 Å². The van der Waals surface area contributed by atoms with Crippen molar-refractivity contribution in [2.24, 2.45) is 0 Å². The fourth-order valence-electron chi connectivity index (χ4n) is 1.69.